The van der Waals surface area contributed by atoms with Gasteiger partial charge in [0.2, 0.25) is 5.75 Å². The summed E-state index contributed by atoms with van der Waals surface area (Å²) in [5.74, 6) is 3.27. The summed E-state index contributed by atoms with van der Waals surface area (Å²) in [6, 6.07) is 20.2. The molecular weight excluding hydrogens is 444 g/mol. The number of nitrogens with one attached hydrogen (secondary N) is 1. The molecule has 1 aliphatic heterocycles. The van der Waals surface area contributed by atoms with Crippen molar-refractivity contribution >= 4 is 0 Å². The monoisotopic (exact) mass is 478 g/mol. The number of hydrogen-bond donors (Lipinski definition) is 1. The average Bonchev–Trinajstić information content (AvgIpc) is 2.92. The Balaban J connectivity index is 1.75. The van der Waals surface area contributed by atoms with Gasteiger partial charge in [-0.3, -0.25) is 4.90 Å². The fourth-order valence-corrected chi connectivity index (χ4v) is 4.51. The summed E-state index contributed by atoms with van der Waals surface area (Å²) in [4.78, 5) is 2.45. The molecule has 0 amide bonds. The first-order chi connectivity index (χ1) is 17.2. The summed E-state index contributed by atoms with van der Waals surface area (Å²) >= 11 is 0. The number of nitrogens with zero attached hydrogens (tertiary/aromatic N) is 1. The van der Waals surface area contributed by atoms with Crippen LogP contribution in [0.5, 0.6) is 28.7 Å². The highest BCUT2D eigenvalue weighted by atomic mass is 16.5. The summed E-state index contributed by atoms with van der Waals surface area (Å²) in [7, 11) is 6.62. The molecule has 1 aliphatic rings. The molecule has 0 radical (unpaired) electrons. The van der Waals surface area contributed by atoms with Gasteiger partial charge < -0.3 is 29.0 Å². The van der Waals surface area contributed by atoms with Gasteiger partial charge in [0.05, 0.1) is 34.5 Å². The fraction of sp³-hybridized carbons (Fsp3) is 0.357. The van der Waals surface area contributed by atoms with Crippen molar-refractivity contribution in [3.05, 3.63) is 77.4 Å². The van der Waals surface area contributed by atoms with Crippen LogP contribution < -0.4 is 29.0 Å². The molecule has 0 aliphatic carbocycles. The van der Waals surface area contributed by atoms with Crippen LogP contribution in [-0.2, 0) is 6.61 Å². The summed E-state index contributed by atoms with van der Waals surface area (Å²) in [6.45, 7) is 4.10. The predicted molar refractivity (Wildman–Crippen MR) is 136 cm³/mol. The van der Waals surface area contributed by atoms with Gasteiger partial charge in [0.25, 0.3) is 0 Å². The molecule has 0 saturated carbocycles. The van der Waals surface area contributed by atoms with E-state index in [0.717, 1.165) is 42.9 Å². The molecule has 1 saturated heterocycles. The maximum atomic E-state index is 6.18. The molecule has 0 bridgehead atoms. The van der Waals surface area contributed by atoms with Gasteiger partial charge in [-0.2, -0.15) is 0 Å². The van der Waals surface area contributed by atoms with E-state index in [2.05, 4.69) is 16.3 Å². The molecule has 186 valence electrons. The third-order valence-electron chi connectivity index (χ3n) is 6.26. The van der Waals surface area contributed by atoms with E-state index >= 15 is 0 Å². The molecule has 1 fully saturated rings. The molecule has 7 heteroatoms. The molecule has 1 atom stereocenters. The predicted octanol–water partition coefficient (Wildman–Crippen LogP) is 4.29. The summed E-state index contributed by atoms with van der Waals surface area (Å²) in [5, 5.41) is 3.44. The van der Waals surface area contributed by atoms with E-state index in [0.29, 0.717) is 35.4 Å². The van der Waals surface area contributed by atoms with Crippen molar-refractivity contribution in [1.29, 1.82) is 0 Å². The van der Waals surface area contributed by atoms with Gasteiger partial charge in [-0.1, -0.05) is 36.4 Å². The van der Waals surface area contributed by atoms with Crippen LogP contribution in [0, 0.1) is 0 Å². The first kappa shape index (κ1) is 24.7. The molecule has 0 spiro atoms. The first-order valence-corrected chi connectivity index (χ1v) is 11.8. The van der Waals surface area contributed by atoms with Crippen LogP contribution in [0.3, 0.4) is 0 Å². The number of piperazine rings is 1. The Kier molecular flexibility index (Phi) is 8.34. The van der Waals surface area contributed by atoms with E-state index in [1.165, 1.54) is 0 Å². The van der Waals surface area contributed by atoms with E-state index in [-0.39, 0.29) is 6.04 Å². The molecule has 1 heterocycles. The quantitative estimate of drug-likeness (QED) is 0.466. The molecule has 35 heavy (non-hydrogen) atoms. The fourth-order valence-electron chi connectivity index (χ4n) is 4.51. The van der Waals surface area contributed by atoms with Crippen LogP contribution in [0.2, 0.25) is 0 Å². The van der Waals surface area contributed by atoms with Crippen LogP contribution in [0.1, 0.15) is 22.7 Å². The third kappa shape index (κ3) is 5.63. The third-order valence-corrected chi connectivity index (χ3v) is 6.26. The van der Waals surface area contributed by atoms with E-state index in [9.17, 15) is 0 Å². The van der Waals surface area contributed by atoms with Crippen molar-refractivity contribution in [2.45, 2.75) is 12.6 Å². The lowest BCUT2D eigenvalue weighted by Crippen LogP contribution is -2.45. The van der Waals surface area contributed by atoms with Crippen LogP contribution in [0.15, 0.2) is 60.7 Å². The lowest BCUT2D eigenvalue weighted by molar-refractivity contribution is 0.197. The highest BCUT2D eigenvalue weighted by molar-refractivity contribution is 5.56. The smallest absolute Gasteiger partial charge is 0.203 e. The van der Waals surface area contributed by atoms with Crippen molar-refractivity contribution in [2.75, 3.05) is 54.6 Å². The first-order valence-electron chi connectivity index (χ1n) is 11.8. The summed E-state index contributed by atoms with van der Waals surface area (Å²) in [5.41, 5.74) is 3.23. The van der Waals surface area contributed by atoms with Crippen LogP contribution in [0.25, 0.3) is 0 Å². The second-order valence-electron chi connectivity index (χ2n) is 8.33. The maximum absolute atomic E-state index is 6.18. The molecular formula is C28H34N2O5. The summed E-state index contributed by atoms with van der Waals surface area (Å²) < 4.78 is 28.8. The highest BCUT2D eigenvalue weighted by Crippen LogP contribution is 2.44. The van der Waals surface area contributed by atoms with Crippen LogP contribution in [0.4, 0.5) is 0 Å². The van der Waals surface area contributed by atoms with E-state index < -0.39 is 0 Å². The Hall–Kier alpha value is -3.42. The zero-order chi connectivity index (χ0) is 24.6. The zero-order valence-electron chi connectivity index (χ0n) is 20.9. The molecule has 4 rings (SSSR count). The Morgan fingerprint density at radius 1 is 0.714 bits per heavy atom. The maximum Gasteiger partial charge on any atom is 0.203 e. The molecule has 3 aromatic carbocycles. The normalized spacial score (nSPS) is 14.7. The van der Waals surface area contributed by atoms with Crippen molar-refractivity contribution in [3.8, 4) is 28.7 Å². The average molecular weight is 479 g/mol. The van der Waals surface area contributed by atoms with Crippen molar-refractivity contribution in [2.24, 2.45) is 0 Å². The number of ether oxygens (including phenoxy) is 5. The van der Waals surface area contributed by atoms with Crippen molar-refractivity contribution < 1.29 is 23.7 Å². The Bertz CT molecular complexity index is 1070. The van der Waals surface area contributed by atoms with Gasteiger partial charge >= 0.3 is 0 Å². The lowest BCUT2D eigenvalue weighted by atomic mass is 9.95. The van der Waals surface area contributed by atoms with Crippen LogP contribution >= 0.6 is 0 Å². The molecule has 0 aromatic heterocycles. The minimum absolute atomic E-state index is 0.0251. The van der Waals surface area contributed by atoms with E-state index in [1.807, 2.05) is 54.6 Å². The van der Waals surface area contributed by atoms with E-state index in [4.69, 9.17) is 23.7 Å². The van der Waals surface area contributed by atoms with Crippen molar-refractivity contribution in [1.82, 2.24) is 10.2 Å². The molecule has 1 N–H and O–H groups in total. The van der Waals surface area contributed by atoms with Gasteiger partial charge in [-0.05, 0) is 41.0 Å². The molecule has 1 unspecified atom stereocenters. The van der Waals surface area contributed by atoms with Crippen LogP contribution in [-0.4, -0.2) is 59.5 Å². The van der Waals surface area contributed by atoms with Crippen molar-refractivity contribution in [3.63, 3.8) is 0 Å². The Morgan fingerprint density at radius 3 is 1.91 bits per heavy atom. The zero-order valence-corrected chi connectivity index (χ0v) is 20.9. The topological polar surface area (TPSA) is 61.4 Å². The number of hydrogen-bond acceptors (Lipinski definition) is 7. The second-order valence-corrected chi connectivity index (χ2v) is 8.33. The molecule has 7 nitrogen and oxygen atoms in total. The van der Waals surface area contributed by atoms with Gasteiger partial charge in [0, 0.05) is 26.2 Å². The molecule has 3 aromatic rings. The highest BCUT2D eigenvalue weighted by Gasteiger charge is 2.28. The summed E-state index contributed by atoms with van der Waals surface area (Å²) in [6.07, 6.45) is 0. The number of benzene rings is 3. The van der Waals surface area contributed by atoms with Gasteiger partial charge in [0.1, 0.15) is 6.61 Å². The van der Waals surface area contributed by atoms with Gasteiger partial charge in [0.15, 0.2) is 23.0 Å². The minimum atomic E-state index is -0.0251. The Labute approximate surface area is 207 Å². The van der Waals surface area contributed by atoms with Gasteiger partial charge in [-0.25, -0.2) is 0 Å². The lowest BCUT2D eigenvalue weighted by Gasteiger charge is -2.36. The minimum Gasteiger partial charge on any atom is -0.493 e. The second kappa shape index (κ2) is 11.8. The van der Waals surface area contributed by atoms with Gasteiger partial charge in [-0.15, -0.1) is 0 Å². The standard InChI is InChI=1S/C28H34N2O5/c1-31-23-11-10-21(16-24(23)32-2)27(30-14-12-29-13-15-30)22-17-25(33-3)28(26(18-22)34-4)35-19-20-8-6-5-7-9-20/h5-11,16-18,27,29H,12-15,19H2,1-4H3. The number of methoxy groups -OCH3 is 4. The Morgan fingerprint density at radius 2 is 1.31 bits per heavy atom. The largest absolute Gasteiger partial charge is 0.493 e. The number of rotatable bonds is 10. The SMILES string of the molecule is COc1ccc(C(c2cc(OC)c(OCc3ccccc3)c(OC)c2)N2CCNCC2)cc1OC. The van der Waals surface area contributed by atoms with E-state index in [1.54, 1.807) is 28.4 Å².